The highest BCUT2D eigenvalue weighted by Crippen LogP contribution is 2.25. The average molecular weight is 500 g/mol. The van der Waals surface area contributed by atoms with Crippen LogP contribution in [0.4, 0.5) is 23.2 Å². The van der Waals surface area contributed by atoms with Crippen molar-refractivity contribution in [2.45, 2.75) is 6.36 Å². The number of carbonyl (C=O) groups excluding carboxylic acids is 3. The Balaban J connectivity index is 0.000000407. The molecule has 180 valence electrons. The van der Waals surface area contributed by atoms with Crippen molar-refractivity contribution in [1.82, 2.24) is 0 Å². The zero-order valence-electron chi connectivity index (χ0n) is 17.5. The second-order valence-corrected chi connectivity index (χ2v) is 6.33. The van der Waals surface area contributed by atoms with Crippen LogP contribution in [0.5, 0.6) is 5.75 Å². The number of halogens is 5. The predicted molar refractivity (Wildman–Crippen MR) is 118 cm³/mol. The smallest absolute Gasteiger partial charge is 0.465 e. The number of ether oxygens (including phenoxy) is 2. The molecule has 3 aromatic rings. The van der Waals surface area contributed by atoms with Crippen LogP contribution in [0.3, 0.4) is 0 Å². The van der Waals surface area contributed by atoms with Gasteiger partial charge in [0.1, 0.15) is 11.6 Å². The molecule has 34 heavy (non-hydrogen) atoms. The number of methoxy groups -OCH3 is 1. The standard InChI is InChI=1S/C15H8F4O3.C8H9NO2.ClH/c16-11-5-4-10(8-20)13(7-11)14(21)9-2-1-3-12(6-9)22-15(17,18)19;1-11-8(10)6-4-2-3-5-7(6)9;/h1-8H;2-5H,9H2,1H3;1H. The molecule has 11 heteroatoms. The minimum atomic E-state index is -4.89. The van der Waals surface area contributed by atoms with E-state index in [0.29, 0.717) is 17.5 Å². The molecule has 0 aliphatic rings. The van der Waals surface area contributed by atoms with Crippen LogP contribution in [-0.2, 0) is 4.74 Å². The molecular formula is C23H18ClF4NO5. The van der Waals surface area contributed by atoms with Gasteiger partial charge in [-0.2, -0.15) is 0 Å². The molecule has 0 fully saturated rings. The average Bonchev–Trinajstić information content (AvgIpc) is 2.78. The van der Waals surface area contributed by atoms with Gasteiger partial charge in [-0.3, -0.25) is 9.59 Å². The number of nitrogen functional groups attached to an aromatic ring is 1. The summed E-state index contributed by atoms with van der Waals surface area (Å²) in [4.78, 5) is 34.0. The van der Waals surface area contributed by atoms with E-state index in [0.717, 1.165) is 30.3 Å². The zero-order chi connectivity index (χ0) is 24.6. The van der Waals surface area contributed by atoms with Crippen molar-refractivity contribution in [2.24, 2.45) is 0 Å². The lowest BCUT2D eigenvalue weighted by Gasteiger charge is -2.10. The molecule has 3 aromatic carbocycles. The second-order valence-electron chi connectivity index (χ2n) is 6.33. The number of ketones is 1. The molecule has 0 aromatic heterocycles. The minimum absolute atomic E-state index is 0. The highest BCUT2D eigenvalue weighted by atomic mass is 35.5. The maximum Gasteiger partial charge on any atom is 0.573 e. The molecule has 0 heterocycles. The van der Waals surface area contributed by atoms with Crippen LogP contribution in [0.1, 0.15) is 36.6 Å². The Morgan fingerprint density at radius 2 is 1.62 bits per heavy atom. The van der Waals surface area contributed by atoms with Gasteiger partial charge >= 0.3 is 12.3 Å². The molecule has 0 amide bonds. The lowest BCUT2D eigenvalue weighted by atomic mass is 9.98. The van der Waals surface area contributed by atoms with Gasteiger partial charge in [-0.15, -0.1) is 25.6 Å². The van der Waals surface area contributed by atoms with Crippen LogP contribution in [0, 0.1) is 5.82 Å². The van der Waals surface area contributed by atoms with Gasteiger partial charge in [0.15, 0.2) is 12.1 Å². The molecule has 0 unspecified atom stereocenters. The van der Waals surface area contributed by atoms with Crippen molar-refractivity contribution >= 4 is 36.1 Å². The Labute approximate surface area is 197 Å². The number of alkyl halides is 3. The molecule has 0 atom stereocenters. The number of hydrogen-bond acceptors (Lipinski definition) is 6. The van der Waals surface area contributed by atoms with E-state index in [-0.39, 0.29) is 29.1 Å². The number of hydrogen-bond donors (Lipinski definition) is 1. The number of nitrogens with two attached hydrogens (primary N) is 1. The minimum Gasteiger partial charge on any atom is -0.465 e. The Morgan fingerprint density at radius 1 is 0.941 bits per heavy atom. The molecule has 0 saturated carbocycles. The number of carbonyl (C=O) groups is 3. The molecule has 0 spiro atoms. The largest absolute Gasteiger partial charge is 0.573 e. The second kappa shape index (κ2) is 12.4. The van der Waals surface area contributed by atoms with Gasteiger partial charge in [-0.05, 0) is 42.5 Å². The lowest BCUT2D eigenvalue weighted by Crippen LogP contribution is -2.17. The van der Waals surface area contributed by atoms with Gasteiger partial charge in [0.2, 0.25) is 0 Å². The predicted octanol–water partition coefficient (Wildman–Crippen LogP) is 5.25. The topological polar surface area (TPSA) is 95.7 Å². The maximum absolute atomic E-state index is 13.2. The van der Waals surface area contributed by atoms with E-state index in [4.69, 9.17) is 5.73 Å². The summed E-state index contributed by atoms with van der Waals surface area (Å²) in [5.41, 5.74) is 5.90. The third-order valence-electron chi connectivity index (χ3n) is 4.08. The molecule has 0 radical (unpaired) electrons. The number of anilines is 1. The highest BCUT2D eigenvalue weighted by molar-refractivity contribution is 6.12. The summed E-state index contributed by atoms with van der Waals surface area (Å²) in [6, 6.07) is 14.1. The van der Waals surface area contributed by atoms with Crippen LogP contribution < -0.4 is 10.5 Å². The Morgan fingerprint density at radius 3 is 2.21 bits per heavy atom. The number of rotatable bonds is 5. The number of para-hydroxylation sites is 1. The monoisotopic (exact) mass is 499 g/mol. The fraction of sp³-hybridized carbons (Fsp3) is 0.0870. The van der Waals surface area contributed by atoms with E-state index in [2.05, 4.69) is 9.47 Å². The van der Waals surface area contributed by atoms with Crippen LogP contribution in [-0.4, -0.2) is 31.5 Å². The van der Waals surface area contributed by atoms with Gasteiger partial charge in [-0.1, -0.05) is 24.3 Å². The van der Waals surface area contributed by atoms with Crippen molar-refractivity contribution in [2.75, 3.05) is 12.8 Å². The van der Waals surface area contributed by atoms with Crippen molar-refractivity contribution in [3.05, 3.63) is 94.8 Å². The molecule has 0 aliphatic carbocycles. The van der Waals surface area contributed by atoms with Crippen LogP contribution in [0.25, 0.3) is 0 Å². The number of aldehydes is 1. The Bertz CT molecular complexity index is 1170. The molecule has 0 saturated heterocycles. The summed E-state index contributed by atoms with van der Waals surface area (Å²) in [6.45, 7) is 0. The van der Waals surface area contributed by atoms with Crippen molar-refractivity contribution in [1.29, 1.82) is 0 Å². The summed E-state index contributed by atoms with van der Waals surface area (Å²) >= 11 is 0. The van der Waals surface area contributed by atoms with Gasteiger partial charge in [0.05, 0.1) is 12.7 Å². The fourth-order valence-electron chi connectivity index (χ4n) is 2.61. The van der Waals surface area contributed by atoms with E-state index >= 15 is 0 Å². The molecule has 6 nitrogen and oxygen atoms in total. The Hall–Kier alpha value is -3.92. The van der Waals surface area contributed by atoms with E-state index in [1.807, 2.05) is 0 Å². The SMILES string of the molecule is COC(=O)c1ccccc1N.Cl.O=Cc1ccc(F)cc1C(=O)c1cccc(OC(F)(F)F)c1. The van der Waals surface area contributed by atoms with Gasteiger partial charge in [0.25, 0.3) is 0 Å². The van der Waals surface area contributed by atoms with E-state index < -0.39 is 29.7 Å². The highest BCUT2D eigenvalue weighted by Gasteiger charge is 2.31. The maximum atomic E-state index is 13.2. The van der Waals surface area contributed by atoms with Crippen LogP contribution >= 0.6 is 12.4 Å². The number of esters is 1. The van der Waals surface area contributed by atoms with Crippen LogP contribution in [0.15, 0.2) is 66.7 Å². The van der Waals surface area contributed by atoms with E-state index in [1.54, 1.807) is 24.3 Å². The fourth-order valence-corrected chi connectivity index (χ4v) is 2.61. The normalized spacial score (nSPS) is 10.1. The lowest BCUT2D eigenvalue weighted by molar-refractivity contribution is -0.274. The summed E-state index contributed by atoms with van der Waals surface area (Å²) < 4.78 is 57.9. The van der Waals surface area contributed by atoms with Gasteiger partial charge in [0, 0.05) is 22.4 Å². The third-order valence-corrected chi connectivity index (χ3v) is 4.08. The summed E-state index contributed by atoms with van der Waals surface area (Å²) in [7, 11) is 1.33. The summed E-state index contributed by atoms with van der Waals surface area (Å²) in [5.74, 6) is -2.50. The molecule has 2 N–H and O–H groups in total. The summed E-state index contributed by atoms with van der Waals surface area (Å²) in [5, 5.41) is 0. The first kappa shape index (κ1) is 28.1. The summed E-state index contributed by atoms with van der Waals surface area (Å²) in [6.07, 6.45) is -4.53. The first-order chi connectivity index (χ1) is 15.6. The van der Waals surface area contributed by atoms with Crippen LogP contribution in [0.2, 0.25) is 0 Å². The first-order valence-corrected chi connectivity index (χ1v) is 9.13. The van der Waals surface area contributed by atoms with Crippen molar-refractivity contribution in [3.63, 3.8) is 0 Å². The molecular weight excluding hydrogens is 482 g/mol. The molecule has 0 bridgehead atoms. The van der Waals surface area contributed by atoms with Crippen molar-refractivity contribution < 1.29 is 41.4 Å². The quantitative estimate of drug-likeness (QED) is 0.169. The molecule has 3 rings (SSSR count). The van der Waals surface area contributed by atoms with E-state index in [9.17, 15) is 31.9 Å². The number of benzene rings is 3. The molecule has 0 aliphatic heterocycles. The zero-order valence-corrected chi connectivity index (χ0v) is 18.3. The van der Waals surface area contributed by atoms with Gasteiger partial charge < -0.3 is 15.2 Å². The first-order valence-electron chi connectivity index (χ1n) is 9.13. The van der Waals surface area contributed by atoms with Gasteiger partial charge in [-0.25, -0.2) is 9.18 Å². The van der Waals surface area contributed by atoms with Crippen molar-refractivity contribution in [3.8, 4) is 5.75 Å². The third kappa shape index (κ3) is 7.89. The van der Waals surface area contributed by atoms with E-state index in [1.165, 1.54) is 19.2 Å². The Kier molecular flexibility index (Phi) is 10.2.